The quantitative estimate of drug-likeness (QED) is 0.311. The molecule has 0 aliphatic heterocycles. The summed E-state index contributed by atoms with van der Waals surface area (Å²) >= 11 is 1.23. The monoisotopic (exact) mass is 418 g/mol. The zero-order valence-electron chi connectivity index (χ0n) is 16.2. The van der Waals surface area contributed by atoms with Gasteiger partial charge in [0.2, 0.25) is 0 Å². The Hall–Kier alpha value is -2.74. The number of halogens is 2. The topological polar surface area (TPSA) is 61.2 Å². The second-order valence-corrected chi connectivity index (χ2v) is 7.62. The van der Waals surface area contributed by atoms with Crippen molar-refractivity contribution in [2.24, 2.45) is 0 Å². The van der Waals surface area contributed by atoms with Gasteiger partial charge in [0.1, 0.15) is 0 Å². The lowest BCUT2D eigenvalue weighted by molar-refractivity contribution is 0.0526. The molecule has 152 valence electrons. The van der Waals surface area contributed by atoms with E-state index in [1.165, 1.54) is 17.8 Å². The zero-order valence-corrected chi connectivity index (χ0v) is 17.1. The summed E-state index contributed by atoms with van der Waals surface area (Å²) in [7, 11) is 0. The van der Waals surface area contributed by atoms with E-state index in [-0.39, 0.29) is 18.0 Å². The number of Topliss-reactive ketones (excluding diaryl/α,β-unsaturated/α-hetero) is 1. The maximum atomic E-state index is 13.5. The molecule has 29 heavy (non-hydrogen) atoms. The summed E-state index contributed by atoms with van der Waals surface area (Å²) < 4.78 is 33.5. The molecule has 2 aromatic carbocycles. The van der Waals surface area contributed by atoms with Crippen molar-refractivity contribution in [2.45, 2.75) is 37.7 Å². The Morgan fingerprint density at radius 3 is 2.48 bits per heavy atom. The summed E-state index contributed by atoms with van der Waals surface area (Å²) in [4.78, 5) is 29.2. The number of carbonyl (C=O) groups is 2. The van der Waals surface area contributed by atoms with Gasteiger partial charge >= 0.3 is 5.97 Å². The molecule has 3 rings (SSSR count). The van der Waals surface area contributed by atoms with Crippen molar-refractivity contribution in [3.05, 3.63) is 59.2 Å². The van der Waals surface area contributed by atoms with Crippen LogP contribution in [0.25, 0.3) is 11.0 Å². The van der Waals surface area contributed by atoms with Crippen molar-refractivity contribution in [3.8, 4) is 0 Å². The standard InChI is InChI=1S/C21H20F2N2O3S/c1-4-25-18-9-7-14(20(27)28-5-2)11-17(18)24-21(25)29-12(3)19(26)13-6-8-15(22)16(23)10-13/h6-12H,4-5H2,1-3H3/t12-/m1/s1. The van der Waals surface area contributed by atoms with Crippen LogP contribution in [0, 0.1) is 11.6 Å². The molecule has 0 N–H and O–H groups in total. The first kappa shape index (κ1) is 21.0. The number of nitrogens with zero attached hydrogens (tertiary/aromatic N) is 2. The molecule has 1 atom stereocenters. The van der Waals surface area contributed by atoms with E-state index in [0.717, 1.165) is 17.6 Å². The highest BCUT2D eigenvalue weighted by atomic mass is 32.2. The Balaban J connectivity index is 1.89. The molecule has 0 unspecified atom stereocenters. The van der Waals surface area contributed by atoms with Gasteiger partial charge in [-0.25, -0.2) is 18.6 Å². The summed E-state index contributed by atoms with van der Waals surface area (Å²) in [5.74, 6) is -2.79. The number of aryl methyl sites for hydroxylation is 1. The van der Waals surface area contributed by atoms with Gasteiger partial charge in [-0.05, 0) is 57.2 Å². The molecule has 8 heteroatoms. The van der Waals surface area contributed by atoms with E-state index < -0.39 is 22.9 Å². The molecular formula is C21H20F2N2O3S. The number of fused-ring (bicyclic) bond motifs is 1. The minimum absolute atomic E-state index is 0.104. The summed E-state index contributed by atoms with van der Waals surface area (Å²) in [6, 6.07) is 8.25. The van der Waals surface area contributed by atoms with Gasteiger partial charge in [0.25, 0.3) is 0 Å². The number of thioether (sulfide) groups is 1. The van der Waals surface area contributed by atoms with Crippen LogP contribution in [0.3, 0.4) is 0 Å². The number of benzene rings is 2. The molecule has 5 nitrogen and oxygen atoms in total. The highest BCUT2D eigenvalue weighted by Crippen LogP contribution is 2.29. The first-order valence-electron chi connectivity index (χ1n) is 9.19. The second-order valence-electron chi connectivity index (χ2n) is 6.32. The lowest BCUT2D eigenvalue weighted by atomic mass is 10.1. The van der Waals surface area contributed by atoms with Gasteiger partial charge in [0.05, 0.1) is 28.5 Å². The van der Waals surface area contributed by atoms with Crippen LogP contribution < -0.4 is 0 Å². The largest absolute Gasteiger partial charge is 0.462 e. The Morgan fingerprint density at radius 2 is 1.83 bits per heavy atom. The molecule has 0 aliphatic rings. The third-order valence-corrected chi connectivity index (χ3v) is 5.49. The Morgan fingerprint density at radius 1 is 1.10 bits per heavy atom. The third kappa shape index (κ3) is 4.32. The molecule has 1 heterocycles. The summed E-state index contributed by atoms with van der Waals surface area (Å²) in [6.07, 6.45) is 0. The van der Waals surface area contributed by atoms with Crippen molar-refractivity contribution in [1.82, 2.24) is 9.55 Å². The van der Waals surface area contributed by atoms with Crippen molar-refractivity contribution in [3.63, 3.8) is 0 Å². The van der Waals surface area contributed by atoms with Gasteiger partial charge in [0, 0.05) is 12.1 Å². The van der Waals surface area contributed by atoms with Crippen LogP contribution in [-0.4, -0.2) is 33.2 Å². The predicted octanol–water partition coefficient (Wildman–Crippen LogP) is 4.87. The molecule has 0 aliphatic carbocycles. The van der Waals surface area contributed by atoms with Gasteiger partial charge < -0.3 is 9.30 Å². The van der Waals surface area contributed by atoms with E-state index in [9.17, 15) is 18.4 Å². The molecule has 3 aromatic rings. The van der Waals surface area contributed by atoms with Gasteiger partial charge in [-0.2, -0.15) is 0 Å². The van der Waals surface area contributed by atoms with Gasteiger partial charge in [-0.3, -0.25) is 4.79 Å². The average Bonchev–Trinajstić information content (AvgIpc) is 3.05. The maximum absolute atomic E-state index is 13.5. The van der Waals surface area contributed by atoms with E-state index in [1.54, 1.807) is 32.0 Å². The van der Waals surface area contributed by atoms with E-state index in [2.05, 4.69) is 4.98 Å². The van der Waals surface area contributed by atoms with Gasteiger partial charge in [-0.15, -0.1) is 0 Å². The van der Waals surface area contributed by atoms with Crippen molar-refractivity contribution in [1.29, 1.82) is 0 Å². The lowest BCUT2D eigenvalue weighted by Gasteiger charge is -2.11. The smallest absolute Gasteiger partial charge is 0.338 e. The molecule has 0 spiro atoms. The summed E-state index contributed by atoms with van der Waals surface area (Å²) in [6.45, 7) is 6.28. The molecule has 0 fully saturated rings. The predicted molar refractivity (Wildman–Crippen MR) is 107 cm³/mol. The fourth-order valence-corrected chi connectivity index (χ4v) is 4.01. The molecular weight excluding hydrogens is 398 g/mol. The summed E-state index contributed by atoms with van der Waals surface area (Å²) in [5, 5.41) is 0.0402. The first-order chi connectivity index (χ1) is 13.8. The SMILES string of the molecule is CCOC(=O)c1ccc2c(c1)nc(S[C@H](C)C(=O)c1ccc(F)c(F)c1)n2CC. The molecule has 0 saturated carbocycles. The fourth-order valence-electron chi connectivity index (χ4n) is 2.94. The number of ether oxygens (including phenoxy) is 1. The molecule has 0 radical (unpaired) electrons. The normalized spacial score (nSPS) is 12.2. The van der Waals surface area contributed by atoms with E-state index in [0.29, 0.717) is 22.8 Å². The number of imidazole rings is 1. The number of esters is 1. The van der Waals surface area contributed by atoms with Crippen LogP contribution >= 0.6 is 11.8 Å². The molecule has 0 saturated heterocycles. The van der Waals surface area contributed by atoms with Crippen LogP contribution in [0.2, 0.25) is 0 Å². The number of rotatable bonds is 7. The first-order valence-corrected chi connectivity index (χ1v) is 10.1. The van der Waals surface area contributed by atoms with Crippen LogP contribution in [0.5, 0.6) is 0 Å². The van der Waals surface area contributed by atoms with Crippen LogP contribution in [0.1, 0.15) is 41.5 Å². The number of hydrogen-bond donors (Lipinski definition) is 0. The van der Waals surface area contributed by atoms with Crippen LogP contribution in [0.15, 0.2) is 41.6 Å². The summed E-state index contributed by atoms with van der Waals surface area (Å²) in [5.41, 5.74) is 1.96. The van der Waals surface area contributed by atoms with Crippen molar-refractivity contribution < 1.29 is 23.1 Å². The zero-order chi connectivity index (χ0) is 21.1. The average molecular weight is 418 g/mol. The number of hydrogen-bond acceptors (Lipinski definition) is 5. The number of ketones is 1. The molecule has 0 amide bonds. The molecule has 0 bridgehead atoms. The van der Waals surface area contributed by atoms with E-state index >= 15 is 0 Å². The minimum Gasteiger partial charge on any atom is -0.462 e. The minimum atomic E-state index is -1.06. The van der Waals surface area contributed by atoms with Crippen molar-refractivity contribution in [2.75, 3.05) is 6.61 Å². The third-order valence-electron chi connectivity index (χ3n) is 4.40. The number of aromatic nitrogens is 2. The highest BCUT2D eigenvalue weighted by Gasteiger charge is 2.22. The van der Waals surface area contributed by atoms with Crippen molar-refractivity contribution >= 4 is 34.5 Å². The van der Waals surface area contributed by atoms with Gasteiger partial charge in [0.15, 0.2) is 22.6 Å². The maximum Gasteiger partial charge on any atom is 0.338 e. The van der Waals surface area contributed by atoms with Gasteiger partial charge in [-0.1, -0.05) is 11.8 Å². The Kier molecular flexibility index (Phi) is 6.32. The molecule has 1 aromatic heterocycles. The van der Waals surface area contributed by atoms with E-state index in [4.69, 9.17) is 4.74 Å². The number of carbonyl (C=O) groups excluding carboxylic acids is 2. The van der Waals surface area contributed by atoms with Crippen LogP contribution in [0.4, 0.5) is 8.78 Å². The fraction of sp³-hybridized carbons (Fsp3) is 0.286. The highest BCUT2D eigenvalue weighted by molar-refractivity contribution is 8.00. The van der Waals surface area contributed by atoms with Crippen LogP contribution in [-0.2, 0) is 11.3 Å². The second kappa shape index (κ2) is 8.73. The van der Waals surface area contributed by atoms with E-state index in [1.807, 2.05) is 11.5 Å². The Bertz CT molecular complexity index is 1080. The Labute approximate surface area is 171 Å². The lowest BCUT2D eigenvalue weighted by Crippen LogP contribution is -2.15.